The van der Waals surface area contributed by atoms with Gasteiger partial charge in [0.2, 0.25) is 10.0 Å². The Hall–Kier alpha value is -1.97. The van der Waals surface area contributed by atoms with E-state index < -0.39 is 16.0 Å². The van der Waals surface area contributed by atoms with Gasteiger partial charge in [-0.3, -0.25) is 4.90 Å². The summed E-state index contributed by atoms with van der Waals surface area (Å²) in [5.74, 6) is -0.631. The molecule has 1 saturated heterocycles. The van der Waals surface area contributed by atoms with Crippen LogP contribution in [0.5, 0.6) is 0 Å². The molecule has 29 heavy (non-hydrogen) atoms. The first kappa shape index (κ1) is 21.7. The lowest BCUT2D eigenvalue weighted by Crippen LogP contribution is -2.35. The van der Waals surface area contributed by atoms with Crippen molar-refractivity contribution in [2.24, 2.45) is 0 Å². The molecule has 0 bridgehead atoms. The van der Waals surface area contributed by atoms with E-state index in [0.717, 1.165) is 44.0 Å². The number of halogens is 1. The summed E-state index contributed by atoms with van der Waals surface area (Å²) in [5, 5.41) is 0.0333. The summed E-state index contributed by atoms with van der Waals surface area (Å²) in [6.45, 7) is 4.27. The minimum atomic E-state index is -3.90. The zero-order chi connectivity index (χ0) is 20.9. The van der Waals surface area contributed by atoms with Crippen LogP contribution in [0.3, 0.4) is 0 Å². The molecule has 0 radical (unpaired) electrons. The molecule has 0 atom stereocenters. The van der Waals surface area contributed by atoms with E-state index in [4.69, 9.17) is 16.3 Å². The molecule has 2 aromatic rings. The van der Waals surface area contributed by atoms with Crippen LogP contribution in [0, 0.1) is 0 Å². The Morgan fingerprint density at radius 1 is 1.14 bits per heavy atom. The number of rotatable bonds is 7. The third-order valence-corrected chi connectivity index (χ3v) is 6.52. The van der Waals surface area contributed by atoms with Gasteiger partial charge in [0.25, 0.3) is 0 Å². The Bertz CT molecular complexity index is 957. The molecule has 156 valence electrons. The van der Waals surface area contributed by atoms with E-state index in [1.807, 2.05) is 24.3 Å². The summed E-state index contributed by atoms with van der Waals surface area (Å²) < 4.78 is 37.8. The van der Waals surface area contributed by atoms with Crippen molar-refractivity contribution < 1.29 is 22.7 Å². The maximum Gasteiger partial charge on any atom is 0.337 e. The maximum atomic E-state index is 12.7. The first-order chi connectivity index (χ1) is 13.9. The lowest BCUT2D eigenvalue weighted by molar-refractivity contribution is 0.0342. The second-order valence-corrected chi connectivity index (χ2v) is 8.81. The monoisotopic (exact) mass is 438 g/mol. The van der Waals surface area contributed by atoms with Crippen LogP contribution in [0.2, 0.25) is 5.02 Å². The summed E-state index contributed by atoms with van der Waals surface area (Å²) in [6.07, 6.45) is 0. The normalized spacial score (nSPS) is 15.2. The van der Waals surface area contributed by atoms with Gasteiger partial charge in [-0.05, 0) is 29.3 Å². The maximum absolute atomic E-state index is 12.7. The zero-order valence-corrected chi connectivity index (χ0v) is 17.6. The van der Waals surface area contributed by atoms with Gasteiger partial charge in [-0.15, -0.1) is 0 Å². The number of benzene rings is 2. The lowest BCUT2D eigenvalue weighted by atomic mass is 10.1. The molecular formula is C20H23ClN2O5S. The van der Waals surface area contributed by atoms with Crippen molar-refractivity contribution in [3.05, 3.63) is 64.2 Å². The molecule has 7 nitrogen and oxygen atoms in total. The van der Waals surface area contributed by atoms with Crippen LogP contribution in [0.25, 0.3) is 0 Å². The summed E-state index contributed by atoms with van der Waals surface area (Å²) in [6, 6.07) is 11.8. The Morgan fingerprint density at radius 2 is 1.79 bits per heavy atom. The van der Waals surface area contributed by atoms with E-state index in [9.17, 15) is 13.2 Å². The van der Waals surface area contributed by atoms with Gasteiger partial charge in [0.05, 0.1) is 30.9 Å². The number of sulfonamides is 1. The van der Waals surface area contributed by atoms with Crippen molar-refractivity contribution in [3.8, 4) is 0 Å². The molecule has 2 aromatic carbocycles. The molecule has 1 aliphatic heterocycles. The summed E-state index contributed by atoms with van der Waals surface area (Å²) in [4.78, 5) is 13.8. The number of hydrogen-bond donors (Lipinski definition) is 1. The Morgan fingerprint density at radius 3 is 2.45 bits per heavy atom. The molecule has 1 heterocycles. The highest BCUT2D eigenvalue weighted by atomic mass is 35.5. The van der Waals surface area contributed by atoms with E-state index in [1.165, 1.54) is 25.3 Å². The van der Waals surface area contributed by atoms with Crippen LogP contribution in [0.4, 0.5) is 0 Å². The second kappa shape index (κ2) is 9.69. The number of carbonyl (C=O) groups is 1. The molecule has 1 N–H and O–H groups in total. The predicted octanol–water partition coefficient (Wildman–Crippen LogP) is 2.44. The Labute approximate surface area is 175 Å². The van der Waals surface area contributed by atoms with Gasteiger partial charge in [-0.25, -0.2) is 17.9 Å². The average Bonchev–Trinajstić information content (AvgIpc) is 2.73. The fraction of sp³-hybridized carbons (Fsp3) is 0.350. The topological polar surface area (TPSA) is 84.9 Å². The van der Waals surface area contributed by atoms with Crippen LogP contribution in [0.1, 0.15) is 21.5 Å². The average molecular weight is 439 g/mol. The number of methoxy groups -OCH3 is 1. The number of carbonyl (C=O) groups excluding carboxylic acids is 1. The van der Waals surface area contributed by atoms with Gasteiger partial charge in [0, 0.05) is 26.2 Å². The largest absolute Gasteiger partial charge is 0.465 e. The first-order valence-corrected chi connectivity index (χ1v) is 11.0. The summed E-state index contributed by atoms with van der Waals surface area (Å²) >= 11 is 6.04. The number of ether oxygens (including phenoxy) is 2. The van der Waals surface area contributed by atoms with Crippen molar-refractivity contribution in [2.45, 2.75) is 18.0 Å². The third kappa shape index (κ3) is 5.77. The molecule has 0 spiro atoms. The molecule has 3 rings (SSSR count). The van der Waals surface area contributed by atoms with Gasteiger partial charge in [-0.2, -0.15) is 0 Å². The van der Waals surface area contributed by atoms with Crippen molar-refractivity contribution in [3.63, 3.8) is 0 Å². The van der Waals surface area contributed by atoms with E-state index in [-0.39, 0.29) is 22.0 Å². The minimum Gasteiger partial charge on any atom is -0.465 e. The van der Waals surface area contributed by atoms with Crippen molar-refractivity contribution >= 4 is 27.6 Å². The number of nitrogens with zero attached hydrogens (tertiary/aromatic N) is 1. The molecule has 0 unspecified atom stereocenters. The van der Waals surface area contributed by atoms with Crippen LogP contribution in [-0.2, 0) is 32.6 Å². The standard InChI is InChI=1S/C20H23ClN2O5S/c1-27-20(24)17-6-7-18(21)19(12-17)29(25,26)22-13-15-2-4-16(5-3-15)14-23-8-10-28-11-9-23/h2-7,12,22H,8-11,13-14H2,1H3. The lowest BCUT2D eigenvalue weighted by Gasteiger charge is -2.26. The van der Waals surface area contributed by atoms with E-state index in [1.54, 1.807) is 0 Å². The van der Waals surface area contributed by atoms with Gasteiger partial charge in [0.1, 0.15) is 4.90 Å². The number of esters is 1. The van der Waals surface area contributed by atoms with Crippen molar-refractivity contribution in [1.82, 2.24) is 9.62 Å². The quantitative estimate of drug-likeness (QED) is 0.668. The highest BCUT2D eigenvalue weighted by Crippen LogP contribution is 2.23. The smallest absolute Gasteiger partial charge is 0.337 e. The third-order valence-electron chi connectivity index (χ3n) is 4.64. The molecule has 1 aliphatic rings. The van der Waals surface area contributed by atoms with Crippen molar-refractivity contribution in [2.75, 3.05) is 33.4 Å². The molecule has 0 aliphatic carbocycles. The zero-order valence-electron chi connectivity index (χ0n) is 16.1. The van der Waals surface area contributed by atoms with Crippen LogP contribution in [-0.4, -0.2) is 52.7 Å². The molecular weight excluding hydrogens is 416 g/mol. The fourth-order valence-corrected chi connectivity index (χ4v) is 4.53. The number of morpholine rings is 1. The van der Waals surface area contributed by atoms with E-state index >= 15 is 0 Å². The summed E-state index contributed by atoms with van der Waals surface area (Å²) in [7, 11) is -2.67. The van der Waals surface area contributed by atoms with Crippen LogP contribution in [0.15, 0.2) is 47.4 Å². The van der Waals surface area contributed by atoms with Crippen molar-refractivity contribution in [1.29, 1.82) is 0 Å². The molecule has 0 saturated carbocycles. The van der Waals surface area contributed by atoms with Gasteiger partial charge in [0.15, 0.2) is 0 Å². The van der Waals surface area contributed by atoms with E-state index in [0.29, 0.717) is 0 Å². The molecule has 0 aromatic heterocycles. The van der Waals surface area contributed by atoms with E-state index in [2.05, 4.69) is 14.4 Å². The number of hydrogen-bond acceptors (Lipinski definition) is 6. The molecule has 9 heteroatoms. The molecule has 0 amide bonds. The molecule has 1 fully saturated rings. The minimum absolute atomic E-state index is 0.0333. The summed E-state index contributed by atoms with van der Waals surface area (Å²) in [5.41, 5.74) is 2.09. The van der Waals surface area contributed by atoms with Crippen LogP contribution < -0.4 is 4.72 Å². The number of nitrogens with one attached hydrogen (secondary N) is 1. The highest BCUT2D eigenvalue weighted by Gasteiger charge is 2.20. The predicted molar refractivity (Wildman–Crippen MR) is 109 cm³/mol. The Balaban J connectivity index is 1.65. The highest BCUT2D eigenvalue weighted by molar-refractivity contribution is 7.89. The second-order valence-electron chi connectivity index (χ2n) is 6.67. The fourth-order valence-electron chi connectivity index (χ4n) is 2.99. The SMILES string of the molecule is COC(=O)c1ccc(Cl)c(S(=O)(=O)NCc2ccc(CN3CCOCC3)cc2)c1. The van der Waals surface area contributed by atoms with Gasteiger partial charge < -0.3 is 9.47 Å². The van der Waals surface area contributed by atoms with Crippen LogP contribution >= 0.6 is 11.6 Å². The van der Waals surface area contributed by atoms with Gasteiger partial charge >= 0.3 is 5.97 Å². The first-order valence-electron chi connectivity index (χ1n) is 9.14. The Kier molecular flexibility index (Phi) is 7.26. The van der Waals surface area contributed by atoms with Gasteiger partial charge in [-0.1, -0.05) is 35.9 Å².